The van der Waals surface area contributed by atoms with E-state index < -0.39 is 0 Å². The molecule has 1 saturated heterocycles. The van der Waals surface area contributed by atoms with E-state index in [0.29, 0.717) is 5.91 Å². The number of fused-ring (bicyclic) bond motifs is 1. The fourth-order valence-electron chi connectivity index (χ4n) is 4.33. The van der Waals surface area contributed by atoms with Crippen molar-refractivity contribution in [2.24, 2.45) is 5.92 Å². The number of rotatable bonds is 8. The van der Waals surface area contributed by atoms with E-state index in [2.05, 4.69) is 53.3 Å². The summed E-state index contributed by atoms with van der Waals surface area (Å²) in [7, 11) is 0. The Hall–Kier alpha value is -1.88. The van der Waals surface area contributed by atoms with Crippen LogP contribution in [-0.2, 0) is 17.9 Å². The van der Waals surface area contributed by atoms with Crippen molar-refractivity contribution in [3.8, 4) is 0 Å². The van der Waals surface area contributed by atoms with Crippen LogP contribution in [0.5, 0.6) is 0 Å². The summed E-state index contributed by atoms with van der Waals surface area (Å²) in [5, 5.41) is 0. The van der Waals surface area contributed by atoms with Gasteiger partial charge in [0.2, 0.25) is 5.91 Å². The van der Waals surface area contributed by atoms with Crippen molar-refractivity contribution in [3.63, 3.8) is 0 Å². The molecule has 0 bridgehead atoms. The molecule has 1 aromatic heterocycles. The number of amides is 1. The van der Waals surface area contributed by atoms with Gasteiger partial charge in [-0.3, -0.25) is 9.69 Å². The third-order valence-electron chi connectivity index (χ3n) is 5.57. The maximum Gasteiger partial charge on any atom is 0.226 e. The number of benzene rings is 1. The fourth-order valence-corrected chi connectivity index (χ4v) is 4.33. The number of para-hydroxylation sites is 2. The van der Waals surface area contributed by atoms with E-state index in [1.807, 2.05) is 6.07 Å². The third-order valence-corrected chi connectivity index (χ3v) is 5.57. The zero-order valence-electron chi connectivity index (χ0n) is 17.2. The maximum absolute atomic E-state index is 13.0. The molecule has 0 aliphatic carbocycles. The van der Waals surface area contributed by atoms with Crippen LogP contribution in [0.25, 0.3) is 11.0 Å². The minimum absolute atomic E-state index is 0.135. The van der Waals surface area contributed by atoms with Gasteiger partial charge in [0.15, 0.2) is 0 Å². The van der Waals surface area contributed by atoms with Crippen LogP contribution in [0.1, 0.15) is 52.3 Å². The maximum atomic E-state index is 13.0. The first-order valence-electron chi connectivity index (χ1n) is 10.6. The number of nitrogens with zero attached hydrogens (tertiary/aromatic N) is 4. The summed E-state index contributed by atoms with van der Waals surface area (Å²) in [5.74, 6) is 1.61. The average Bonchev–Trinajstić information content (AvgIpc) is 3.04. The van der Waals surface area contributed by atoms with Gasteiger partial charge >= 0.3 is 0 Å². The molecule has 0 unspecified atom stereocenters. The van der Waals surface area contributed by atoms with Gasteiger partial charge in [0.1, 0.15) is 5.82 Å². The highest BCUT2D eigenvalue weighted by Gasteiger charge is 2.29. The zero-order valence-corrected chi connectivity index (χ0v) is 17.2. The Labute approximate surface area is 163 Å². The number of carbonyl (C=O) groups excluding carboxylic acids is 1. The van der Waals surface area contributed by atoms with E-state index >= 15 is 0 Å². The number of piperidine rings is 1. The van der Waals surface area contributed by atoms with Crippen molar-refractivity contribution < 1.29 is 4.79 Å². The second-order valence-corrected chi connectivity index (χ2v) is 7.66. The Balaban J connectivity index is 1.70. The molecule has 5 nitrogen and oxygen atoms in total. The van der Waals surface area contributed by atoms with Gasteiger partial charge in [-0.25, -0.2) is 4.98 Å². The van der Waals surface area contributed by atoms with E-state index in [-0.39, 0.29) is 5.92 Å². The van der Waals surface area contributed by atoms with Crippen molar-refractivity contribution in [1.82, 2.24) is 19.4 Å². The number of aromatic nitrogens is 2. The highest BCUT2D eigenvalue weighted by atomic mass is 16.2. The minimum Gasteiger partial charge on any atom is -0.342 e. The van der Waals surface area contributed by atoms with Gasteiger partial charge in [0.05, 0.1) is 23.5 Å². The molecule has 3 rings (SSSR count). The monoisotopic (exact) mass is 370 g/mol. The van der Waals surface area contributed by atoms with E-state index in [1.165, 1.54) is 5.52 Å². The number of carbonyl (C=O) groups is 1. The fraction of sp³-hybridized carbons (Fsp3) is 0.636. The SMILES string of the molecule is CCCN(CCC)C(=O)[C@@H]1CCCN(Cc2nc3ccccc3n2CC)C1. The summed E-state index contributed by atoms with van der Waals surface area (Å²) in [6.45, 7) is 11.9. The van der Waals surface area contributed by atoms with Gasteiger partial charge in [0.25, 0.3) is 0 Å². The van der Waals surface area contributed by atoms with Crippen LogP contribution >= 0.6 is 0 Å². The molecule has 1 atom stereocenters. The van der Waals surface area contributed by atoms with Gasteiger partial charge in [0, 0.05) is 26.2 Å². The molecule has 1 fully saturated rings. The molecule has 0 saturated carbocycles. The summed E-state index contributed by atoms with van der Waals surface area (Å²) in [6.07, 6.45) is 4.17. The largest absolute Gasteiger partial charge is 0.342 e. The highest BCUT2D eigenvalue weighted by molar-refractivity contribution is 5.79. The highest BCUT2D eigenvalue weighted by Crippen LogP contribution is 2.23. The molecule has 2 heterocycles. The lowest BCUT2D eigenvalue weighted by molar-refractivity contribution is -0.137. The summed E-state index contributed by atoms with van der Waals surface area (Å²) in [4.78, 5) is 22.4. The molecule has 1 aliphatic rings. The average molecular weight is 371 g/mol. The van der Waals surface area contributed by atoms with Gasteiger partial charge < -0.3 is 9.47 Å². The van der Waals surface area contributed by atoms with Crippen LogP contribution in [0.15, 0.2) is 24.3 Å². The summed E-state index contributed by atoms with van der Waals surface area (Å²) < 4.78 is 2.31. The Morgan fingerprint density at radius 3 is 2.63 bits per heavy atom. The number of aryl methyl sites for hydroxylation is 1. The lowest BCUT2D eigenvalue weighted by atomic mass is 9.96. The van der Waals surface area contributed by atoms with E-state index in [4.69, 9.17) is 4.98 Å². The molecule has 5 heteroatoms. The smallest absolute Gasteiger partial charge is 0.226 e. The number of hydrogen-bond donors (Lipinski definition) is 0. The second kappa shape index (κ2) is 9.36. The third kappa shape index (κ3) is 4.52. The van der Waals surface area contributed by atoms with Crippen LogP contribution in [0.4, 0.5) is 0 Å². The first kappa shape index (κ1) is 19.9. The Morgan fingerprint density at radius 1 is 1.19 bits per heavy atom. The first-order valence-corrected chi connectivity index (χ1v) is 10.6. The zero-order chi connectivity index (χ0) is 19.2. The van der Waals surface area contributed by atoms with Gasteiger partial charge in [-0.2, -0.15) is 0 Å². The molecule has 27 heavy (non-hydrogen) atoms. The van der Waals surface area contributed by atoms with Crippen LogP contribution in [0.2, 0.25) is 0 Å². The summed E-state index contributed by atoms with van der Waals surface area (Å²) in [6, 6.07) is 8.35. The van der Waals surface area contributed by atoms with Crippen LogP contribution in [0, 0.1) is 5.92 Å². The molecule has 1 aromatic carbocycles. The van der Waals surface area contributed by atoms with Crippen molar-refractivity contribution >= 4 is 16.9 Å². The van der Waals surface area contributed by atoms with E-state index in [0.717, 1.165) is 76.3 Å². The van der Waals surface area contributed by atoms with Crippen LogP contribution in [-0.4, -0.2) is 51.4 Å². The quantitative estimate of drug-likeness (QED) is 0.707. The second-order valence-electron chi connectivity index (χ2n) is 7.66. The molecule has 1 amide bonds. The van der Waals surface area contributed by atoms with Crippen molar-refractivity contribution in [2.45, 2.75) is 59.5 Å². The predicted molar refractivity (Wildman–Crippen MR) is 111 cm³/mol. The lowest BCUT2D eigenvalue weighted by Gasteiger charge is -2.34. The Bertz CT molecular complexity index is 748. The molecular formula is C22H34N4O. The van der Waals surface area contributed by atoms with Gasteiger partial charge in [-0.15, -0.1) is 0 Å². The van der Waals surface area contributed by atoms with E-state index in [1.54, 1.807) is 0 Å². The Kier molecular flexibility index (Phi) is 6.89. The number of likely N-dealkylation sites (tertiary alicyclic amines) is 1. The molecule has 148 valence electrons. The molecule has 0 spiro atoms. The lowest BCUT2D eigenvalue weighted by Crippen LogP contribution is -2.45. The standard InChI is InChI=1S/C22H34N4O/c1-4-13-25(14-5-2)22(27)18-10-9-15-24(16-18)17-21-23-19-11-7-8-12-20(19)26(21)6-3/h7-8,11-12,18H,4-6,9-10,13-17H2,1-3H3/t18-/m1/s1. The summed E-state index contributed by atoms with van der Waals surface area (Å²) >= 11 is 0. The van der Waals surface area contributed by atoms with Crippen molar-refractivity contribution in [3.05, 3.63) is 30.1 Å². The molecular weight excluding hydrogens is 336 g/mol. The number of imidazole rings is 1. The van der Waals surface area contributed by atoms with E-state index in [9.17, 15) is 4.79 Å². The normalized spacial score (nSPS) is 18.1. The molecule has 0 radical (unpaired) electrons. The molecule has 2 aromatic rings. The van der Waals surface area contributed by atoms with Crippen LogP contribution in [0.3, 0.4) is 0 Å². The summed E-state index contributed by atoms with van der Waals surface area (Å²) in [5.41, 5.74) is 2.27. The van der Waals surface area contributed by atoms with Gasteiger partial charge in [-0.1, -0.05) is 26.0 Å². The molecule has 1 aliphatic heterocycles. The van der Waals surface area contributed by atoms with Gasteiger partial charge in [-0.05, 0) is 51.3 Å². The first-order chi connectivity index (χ1) is 13.2. The van der Waals surface area contributed by atoms with Crippen LogP contribution < -0.4 is 0 Å². The molecule has 0 N–H and O–H groups in total. The van der Waals surface area contributed by atoms with Crippen molar-refractivity contribution in [1.29, 1.82) is 0 Å². The predicted octanol–water partition coefficient (Wildman–Crippen LogP) is 3.92. The topological polar surface area (TPSA) is 41.4 Å². The number of hydrogen-bond acceptors (Lipinski definition) is 3. The van der Waals surface area contributed by atoms with Crippen molar-refractivity contribution in [2.75, 3.05) is 26.2 Å². The Morgan fingerprint density at radius 2 is 1.93 bits per heavy atom. The minimum atomic E-state index is 0.135.